The van der Waals surface area contributed by atoms with E-state index >= 15 is 0 Å². The van der Waals surface area contributed by atoms with Gasteiger partial charge in [-0.2, -0.15) is 0 Å². The molecule has 2 aromatic rings. The van der Waals surface area contributed by atoms with E-state index in [1.54, 1.807) is 12.1 Å². The summed E-state index contributed by atoms with van der Waals surface area (Å²) in [6, 6.07) is 15.4. The van der Waals surface area contributed by atoms with Gasteiger partial charge in [0.05, 0.1) is 5.71 Å². The van der Waals surface area contributed by atoms with Crippen LogP contribution in [0, 0.1) is 6.92 Å². The SMILES string of the molecule is C/C(=N\OCc1ccc(C)cc1)c1ccc(OCN2C(=O)CCC2=O)cc1. The summed E-state index contributed by atoms with van der Waals surface area (Å²) < 4.78 is 5.53. The van der Waals surface area contributed by atoms with Crippen LogP contribution in [0.3, 0.4) is 0 Å². The Labute approximate surface area is 158 Å². The fourth-order valence-corrected chi connectivity index (χ4v) is 2.64. The van der Waals surface area contributed by atoms with E-state index in [4.69, 9.17) is 9.57 Å². The van der Waals surface area contributed by atoms with E-state index in [2.05, 4.69) is 5.16 Å². The Morgan fingerprint density at radius 2 is 1.63 bits per heavy atom. The Kier molecular flexibility index (Phi) is 5.86. The summed E-state index contributed by atoms with van der Waals surface area (Å²) >= 11 is 0. The van der Waals surface area contributed by atoms with Gasteiger partial charge in [0.15, 0.2) is 6.73 Å². The highest BCUT2D eigenvalue weighted by atomic mass is 16.6. The van der Waals surface area contributed by atoms with Gasteiger partial charge in [-0.3, -0.25) is 9.59 Å². The zero-order valence-corrected chi connectivity index (χ0v) is 15.5. The van der Waals surface area contributed by atoms with Gasteiger partial charge in [0.1, 0.15) is 12.4 Å². The Balaban J connectivity index is 1.52. The van der Waals surface area contributed by atoms with E-state index in [-0.39, 0.29) is 31.4 Å². The van der Waals surface area contributed by atoms with Crippen molar-refractivity contribution in [1.82, 2.24) is 4.90 Å². The molecule has 0 aromatic heterocycles. The first-order valence-electron chi connectivity index (χ1n) is 8.81. The number of oxime groups is 1. The summed E-state index contributed by atoms with van der Waals surface area (Å²) in [4.78, 5) is 29.7. The standard InChI is InChI=1S/C21H22N2O4/c1-15-3-5-17(6-4-15)13-27-22-16(2)18-7-9-19(10-8-18)26-14-23-20(24)11-12-21(23)25/h3-10H,11-14H2,1-2H3/b22-16+. The quantitative estimate of drug-likeness (QED) is 0.428. The van der Waals surface area contributed by atoms with Gasteiger partial charge in [0.2, 0.25) is 11.8 Å². The van der Waals surface area contributed by atoms with E-state index in [9.17, 15) is 9.59 Å². The predicted molar refractivity (Wildman–Crippen MR) is 101 cm³/mol. The van der Waals surface area contributed by atoms with Crippen LogP contribution in [0.25, 0.3) is 0 Å². The molecule has 3 rings (SSSR count). The second-order valence-corrected chi connectivity index (χ2v) is 6.45. The van der Waals surface area contributed by atoms with Crippen LogP contribution in [0.2, 0.25) is 0 Å². The van der Waals surface area contributed by atoms with Crippen molar-refractivity contribution < 1.29 is 19.2 Å². The van der Waals surface area contributed by atoms with Crippen molar-refractivity contribution in [3.05, 3.63) is 65.2 Å². The summed E-state index contributed by atoms with van der Waals surface area (Å²) in [7, 11) is 0. The molecule has 6 nitrogen and oxygen atoms in total. The molecular formula is C21H22N2O4. The minimum Gasteiger partial charge on any atom is -0.473 e. The summed E-state index contributed by atoms with van der Waals surface area (Å²) in [5.74, 6) is 0.204. The van der Waals surface area contributed by atoms with Gasteiger partial charge < -0.3 is 9.57 Å². The number of likely N-dealkylation sites (tertiary alicyclic amines) is 1. The average molecular weight is 366 g/mol. The average Bonchev–Trinajstić information content (AvgIpc) is 3.00. The van der Waals surface area contributed by atoms with Crippen molar-refractivity contribution in [2.45, 2.75) is 33.3 Å². The molecule has 140 valence electrons. The first-order chi connectivity index (χ1) is 13.0. The highest BCUT2D eigenvalue weighted by molar-refractivity contribution is 6.01. The molecule has 0 aliphatic carbocycles. The number of hydrogen-bond acceptors (Lipinski definition) is 5. The van der Waals surface area contributed by atoms with Gasteiger partial charge in [-0.15, -0.1) is 0 Å². The number of carbonyl (C=O) groups is 2. The maximum Gasteiger partial charge on any atom is 0.232 e. The fraction of sp³-hybridized carbons (Fsp3) is 0.286. The predicted octanol–water partition coefficient (Wildman–Crippen LogP) is 3.42. The van der Waals surface area contributed by atoms with Crippen molar-refractivity contribution >= 4 is 17.5 Å². The molecule has 27 heavy (non-hydrogen) atoms. The van der Waals surface area contributed by atoms with Crippen LogP contribution in [0.4, 0.5) is 0 Å². The summed E-state index contributed by atoms with van der Waals surface area (Å²) in [6.45, 7) is 4.27. The molecule has 1 saturated heterocycles. The lowest BCUT2D eigenvalue weighted by Gasteiger charge is -2.14. The van der Waals surface area contributed by atoms with Crippen LogP contribution in [0.15, 0.2) is 53.7 Å². The number of amides is 2. The number of imide groups is 1. The molecule has 1 heterocycles. The zero-order valence-electron chi connectivity index (χ0n) is 15.5. The van der Waals surface area contributed by atoms with Crippen LogP contribution in [0.1, 0.15) is 36.5 Å². The van der Waals surface area contributed by atoms with Crippen LogP contribution in [-0.2, 0) is 21.0 Å². The van der Waals surface area contributed by atoms with Gasteiger partial charge in [-0.1, -0.05) is 35.0 Å². The van der Waals surface area contributed by atoms with Crippen LogP contribution in [-0.4, -0.2) is 29.2 Å². The number of nitrogens with zero attached hydrogens (tertiary/aromatic N) is 2. The third-order valence-corrected chi connectivity index (χ3v) is 4.34. The maximum absolute atomic E-state index is 11.6. The largest absolute Gasteiger partial charge is 0.473 e. The number of carbonyl (C=O) groups excluding carboxylic acids is 2. The van der Waals surface area contributed by atoms with Crippen molar-refractivity contribution in [1.29, 1.82) is 0 Å². The topological polar surface area (TPSA) is 68.2 Å². The molecule has 6 heteroatoms. The fourth-order valence-electron chi connectivity index (χ4n) is 2.64. The van der Waals surface area contributed by atoms with E-state index in [0.29, 0.717) is 12.4 Å². The van der Waals surface area contributed by atoms with Crippen molar-refractivity contribution in [3.8, 4) is 5.75 Å². The lowest BCUT2D eigenvalue weighted by atomic mass is 10.1. The molecule has 2 amide bonds. The number of ether oxygens (including phenoxy) is 1. The summed E-state index contributed by atoms with van der Waals surface area (Å²) in [5.41, 5.74) is 3.92. The molecular weight excluding hydrogens is 344 g/mol. The van der Waals surface area contributed by atoms with Crippen LogP contribution < -0.4 is 4.74 Å². The summed E-state index contributed by atoms with van der Waals surface area (Å²) in [6.07, 6.45) is 0.527. The minimum atomic E-state index is -0.190. The molecule has 0 N–H and O–H groups in total. The van der Waals surface area contributed by atoms with Crippen LogP contribution >= 0.6 is 0 Å². The van der Waals surface area contributed by atoms with E-state index in [0.717, 1.165) is 21.7 Å². The smallest absolute Gasteiger partial charge is 0.232 e. The molecule has 1 aliphatic heterocycles. The maximum atomic E-state index is 11.6. The third-order valence-electron chi connectivity index (χ3n) is 4.34. The first kappa shape index (κ1) is 18.6. The number of benzene rings is 2. The number of rotatable bonds is 7. The van der Waals surface area contributed by atoms with Gasteiger partial charge >= 0.3 is 0 Å². The Hall–Kier alpha value is -3.15. The molecule has 0 saturated carbocycles. The van der Waals surface area contributed by atoms with Gasteiger partial charge in [-0.25, -0.2) is 4.90 Å². The summed E-state index contributed by atoms with van der Waals surface area (Å²) in [5, 5.41) is 4.15. The van der Waals surface area contributed by atoms with Crippen molar-refractivity contribution in [2.24, 2.45) is 5.16 Å². The molecule has 0 spiro atoms. The first-order valence-corrected chi connectivity index (χ1v) is 8.81. The number of hydrogen-bond donors (Lipinski definition) is 0. The zero-order chi connectivity index (χ0) is 19.2. The molecule has 0 radical (unpaired) electrons. The molecule has 0 bridgehead atoms. The van der Waals surface area contributed by atoms with Gasteiger partial charge in [0, 0.05) is 12.8 Å². The van der Waals surface area contributed by atoms with Gasteiger partial charge in [-0.05, 0) is 49.2 Å². The second-order valence-electron chi connectivity index (χ2n) is 6.45. The molecule has 1 fully saturated rings. The van der Waals surface area contributed by atoms with Crippen LogP contribution in [0.5, 0.6) is 5.75 Å². The lowest BCUT2D eigenvalue weighted by Crippen LogP contribution is -2.32. The lowest BCUT2D eigenvalue weighted by molar-refractivity contribution is -0.141. The molecule has 0 unspecified atom stereocenters. The minimum absolute atomic E-state index is 0.0518. The molecule has 0 atom stereocenters. The van der Waals surface area contributed by atoms with Crippen molar-refractivity contribution in [3.63, 3.8) is 0 Å². The Bertz CT molecular complexity index is 825. The van der Waals surface area contributed by atoms with Crippen molar-refractivity contribution in [2.75, 3.05) is 6.73 Å². The van der Waals surface area contributed by atoms with E-state index in [1.807, 2.05) is 50.2 Å². The monoisotopic (exact) mass is 366 g/mol. The third kappa shape index (κ3) is 4.94. The Morgan fingerprint density at radius 1 is 1.00 bits per heavy atom. The van der Waals surface area contributed by atoms with E-state index < -0.39 is 0 Å². The molecule has 1 aliphatic rings. The second kappa shape index (κ2) is 8.49. The highest BCUT2D eigenvalue weighted by Crippen LogP contribution is 2.16. The highest BCUT2D eigenvalue weighted by Gasteiger charge is 2.29. The van der Waals surface area contributed by atoms with E-state index in [1.165, 1.54) is 5.56 Å². The number of aryl methyl sites for hydroxylation is 1. The normalized spacial score (nSPS) is 14.6. The molecule has 2 aromatic carbocycles. The van der Waals surface area contributed by atoms with Gasteiger partial charge in [0.25, 0.3) is 0 Å². The Morgan fingerprint density at radius 3 is 2.26 bits per heavy atom.